The molecule has 0 spiro atoms. The molecule has 0 radical (unpaired) electrons. The highest BCUT2D eigenvalue weighted by molar-refractivity contribution is 5.97. The molecule has 200 valence electrons. The van der Waals surface area contributed by atoms with Crippen molar-refractivity contribution in [1.29, 1.82) is 0 Å². The molecule has 1 saturated heterocycles. The van der Waals surface area contributed by atoms with Crippen molar-refractivity contribution in [2.75, 3.05) is 31.1 Å². The first-order chi connectivity index (χ1) is 18.8. The van der Waals surface area contributed by atoms with E-state index in [1.807, 2.05) is 35.6 Å². The lowest BCUT2D eigenvalue weighted by molar-refractivity contribution is 0.0767. The summed E-state index contributed by atoms with van der Waals surface area (Å²) in [5.74, 6) is -0.894. The molecule has 1 unspecified atom stereocenters. The number of nitrogens with one attached hydrogen (secondary N) is 1. The minimum atomic E-state index is -0.720. The number of nitrogens with zero attached hydrogens (tertiary/aromatic N) is 5. The van der Waals surface area contributed by atoms with Gasteiger partial charge in [0.1, 0.15) is 28.8 Å². The Labute approximate surface area is 222 Å². The number of amides is 1. The largest absolute Gasteiger partial charge is 0.370 e. The summed E-state index contributed by atoms with van der Waals surface area (Å²) < 4.78 is 43.1. The van der Waals surface area contributed by atoms with Crippen molar-refractivity contribution in [3.63, 3.8) is 0 Å². The van der Waals surface area contributed by atoms with Crippen molar-refractivity contribution in [2.45, 2.75) is 19.3 Å². The van der Waals surface area contributed by atoms with E-state index in [1.165, 1.54) is 18.2 Å². The molecule has 1 atom stereocenters. The van der Waals surface area contributed by atoms with E-state index in [0.717, 1.165) is 35.8 Å². The van der Waals surface area contributed by atoms with Gasteiger partial charge >= 0.3 is 0 Å². The molecular formula is C29H27F3N6O. The van der Waals surface area contributed by atoms with E-state index in [-0.39, 0.29) is 28.7 Å². The zero-order valence-electron chi connectivity index (χ0n) is 21.6. The number of H-pyrrole nitrogens is 1. The molecular weight excluding hydrogens is 505 g/mol. The summed E-state index contributed by atoms with van der Waals surface area (Å²) in [5, 5.41) is 0. The van der Waals surface area contributed by atoms with Gasteiger partial charge in [0, 0.05) is 50.5 Å². The molecule has 10 heteroatoms. The molecule has 1 aliphatic heterocycles. The first kappa shape index (κ1) is 25.0. The summed E-state index contributed by atoms with van der Waals surface area (Å²) in [7, 11) is 1.87. The van der Waals surface area contributed by atoms with Gasteiger partial charge in [-0.3, -0.25) is 4.79 Å². The number of aryl methyl sites for hydroxylation is 1. The number of rotatable bonds is 4. The Kier molecular flexibility index (Phi) is 6.25. The predicted molar refractivity (Wildman–Crippen MR) is 143 cm³/mol. The van der Waals surface area contributed by atoms with Crippen LogP contribution in [0.25, 0.3) is 22.1 Å². The van der Waals surface area contributed by atoms with Gasteiger partial charge in [-0.25, -0.2) is 23.1 Å². The second-order valence-corrected chi connectivity index (χ2v) is 9.97. The van der Waals surface area contributed by atoms with E-state index < -0.39 is 11.6 Å². The number of carbonyl (C=O) groups excluding carboxylic acids is 1. The van der Waals surface area contributed by atoms with Crippen LogP contribution in [-0.4, -0.2) is 56.5 Å². The Morgan fingerprint density at radius 2 is 1.72 bits per heavy atom. The zero-order valence-corrected chi connectivity index (χ0v) is 21.6. The number of aromatic amines is 1. The summed E-state index contributed by atoms with van der Waals surface area (Å²) in [6.45, 7) is 4.53. The maximum absolute atomic E-state index is 14.2. The lowest BCUT2D eigenvalue weighted by Crippen LogP contribution is -2.35. The summed E-state index contributed by atoms with van der Waals surface area (Å²) >= 11 is 0. The maximum Gasteiger partial charge on any atom is 0.253 e. The van der Waals surface area contributed by atoms with Crippen LogP contribution in [0.4, 0.5) is 18.9 Å². The molecule has 3 heterocycles. The minimum absolute atomic E-state index is 0.0524. The monoisotopic (exact) mass is 532 g/mol. The van der Waals surface area contributed by atoms with E-state index in [1.54, 1.807) is 18.2 Å². The van der Waals surface area contributed by atoms with Crippen LogP contribution >= 0.6 is 0 Å². The molecule has 3 aromatic carbocycles. The SMILES string of the molecule is CC(c1nc2c(F)cc(F)cc2[nH]1)c1nc2ccc(C(=O)N3CCCN(c4ccc(F)cc4)CC3)cc2n1C. The van der Waals surface area contributed by atoms with Gasteiger partial charge in [-0.2, -0.15) is 0 Å². The van der Waals surface area contributed by atoms with Crippen molar-refractivity contribution in [1.82, 2.24) is 24.4 Å². The quantitative estimate of drug-likeness (QED) is 0.338. The van der Waals surface area contributed by atoms with Gasteiger partial charge in [-0.05, 0) is 61.9 Å². The van der Waals surface area contributed by atoms with Crippen LogP contribution < -0.4 is 4.90 Å². The molecule has 0 bridgehead atoms. The number of benzene rings is 3. The fourth-order valence-corrected chi connectivity index (χ4v) is 5.33. The van der Waals surface area contributed by atoms with Crippen LogP contribution in [0, 0.1) is 17.5 Å². The fraction of sp³-hybridized carbons (Fsp3) is 0.276. The third-order valence-electron chi connectivity index (χ3n) is 7.46. The molecule has 0 aliphatic carbocycles. The molecule has 0 saturated carbocycles. The van der Waals surface area contributed by atoms with Crippen LogP contribution in [0.1, 0.15) is 41.3 Å². The summed E-state index contributed by atoms with van der Waals surface area (Å²) in [6.07, 6.45) is 0.806. The smallest absolute Gasteiger partial charge is 0.253 e. The van der Waals surface area contributed by atoms with Gasteiger partial charge in [-0.15, -0.1) is 0 Å². The lowest BCUT2D eigenvalue weighted by Gasteiger charge is -2.23. The third-order valence-corrected chi connectivity index (χ3v) is 7.46. The topological polar surface area (TPSA) is 70.1 Å². The number of hydrogen-bond acceptors (Lipinski definition) is 4. The van der Waals surface area contributed by atoms with E-state index in [4.69, 9.17) is 4.98 Å². The van der Waals surface area contributed by atoms with Crippen LogP contribution in [0.5, 0.6) is 0 Å². The zero-order chi connectivity index (χ0) is 27.3. The van der Waals surface area contributed by atoms with Crippen LogP contribution in [0.3, 0.4) is 0 Å². The summed E-state index contributed by atoms with van der Waals surface area (Å²) in [4.78, 5) is 29.6. The van der Waals surface area contributed by atoms with Crippen LogP contribution in [0.15, 0.2) is 54.6 Å². The summed E-state index contributed by atoms with van der Waals surface area (Å²) in [6, 6.07) is 13.9. The van der Waals surface area contributed by atoms with E-state index in [0.29, 0.717) is 36.8 Å². The standard InChI is InChI=1S/C29H27F3N6O/c1-17(27-33-24-16-20(31)15-22(32)26(24)35-27)28-34-23-9-4-18(14-25(23)36(28)2)29(39)38-11-3-10-37(12-13-38)21-7-5-19(30)6-8-21/h4-9,14-17H,3,10-13H2,1-2H3,(H,33,35). The highest BCUT2D eigenvalue weighted by Crippen LogP contribution is 2.28. The van der Waals surface area contributed by atoms with E-state index in [2.05, 4.69) is 14.9 Å². The molecule has 39 heavy (non-hydrogen) atoms. The predicted octanol–water partition coefficient (Wildman–Crippen LogP) is 5.37. The molecule has 1 amide bonds. The second-order valence-electron chi connectivity index (χ2n) is 9.97. The number of anilines is 1. The maximum atomic E-state index is 14.2. The van der Waals surface area contributed by atoms with Crippen molar-refractivity contribution < 1.29 is 18.0 Å². The molecule has 7 nitrogen and oxygen atoms in total. The average Bonchev–Trinajstić information content (AvgIpc) is 3.40. The van der Waals surface area contributed by atoms with E-state index in [9.17, 15) is 18.0 Å². The molecule has 5 aromatic rings. The van der Waals surface area contributed by atoms with Gasteiger partial charge in [-0.1, -0.05) is 0 Å². The molecule has 1 aliphatic rings. The van der Waals surface area contributed by atoms with Gasteiger partial charge in [0.15, 0.2) is 5.82 Å². The highest BCUT2D eigenvalue weighted by Gasteiger charge is 2.24. The van der Waals surface area contributed by atoms with Crippen LogP contribution in [-0.2, 0) is 7.05 Å². The Hall–Kier alpha value is -4.34. The lowest BCUT2D eigenvalue weighted by atomic mass is 10.1. The molecule has 6 rings (SSSR count). The van der Waals surface area contributed by atoms with Gasteiger partial charge in [0.2, 0.25) is 0 Å². The van der Waals surface area contributed by atoms with Gasteiger partial charge in [0.05, 0.1) is 22.5 Å². The van der Waals surface area contributed by atoms with Crippen molar-refractivity contribution in [2.24, 2.45) is 7.05 Å². The Bertz CT molecular complexity index is 1690. The molecule has 2 aromatic heterocycles. The minimum Gasteiger partial charge on any atom is -0.370 e. The summed E-state index contributed by atoms with van der Waals surface area (Å²) in [5.41, 5.74) is 3.40. The highest BCUT2D eigenvalue weighted by atomic mass is 19.1. The first-order valence-electron chi connectivity index (χ1n) is 12.9. The fourth-order valence-electron chi connectivity index (χ4n) is 5.33. The van der Waals surface area contributed by atoms with Gasteiger partial charge < -0.3 is 19.4 Å². The number of carbonyl (C=O) groups is 1. The normalized spacial score (nSPS) is 15.2. The molecule has 1 N–H and O–H groups in total. The Morgan fingerprint density at radius 1 is 0.923 bits per heavy atom. The number of fused-ring (bicyclic) bond motifs is 2. The Balaban J connectivity index is 1.23. The average molecular weight is 533 g/mol. The van der Waals surface area contributed by atoms with Crippen molar-refractivity contribution in [3.05, 3.63) is 89.3 Å². The number of aromatic nitrogens is 4. The Morgan fingerprint density at radius 3 is 2.51 bits per heavy atom. The second kappa shape index (κ2) is 9.76. The number of imidazole rings is 2. The number of halogens is 3. The van der Waals surface area contributed by atoms with Crippen molar-refractivity contribution >= 4 is 33.7 Å². The van der Waals surface area contributed by atoms with Crippen LogP contribution in [0.2, 0.25) is 0 Å². The molecule has 1 fully saturated rings. The van der Waals surface area contributed by atoms with E-state index >= 15 is 0 Å². The third kappa shape index (κ3) is 4.60. The van der Waals surface area contributed by atoms with Gasteiger partial charge in [0.25, 0.3) is 5.91 Å². The number of hydrogen-bond donors (Lipinski definition) is 1. The first-order valence-corrected chi connectivity index (χ1v) is 12.9. The van der Waals surface area contributed by atoms with Crippen molar-refractivity contribution in [3.8, 4) is 0 Å².